The van der Waals surface area contributed by atoms with Crippen LogP contribution in [0.2, 0.25) is 0 Å². The van der Waals surface area contributed by atoms with E-state index in [-0.39, 0.29) is 17.7 Å². The number of esters is 1. The van der Waals surface area contributed by atoms with Crippen molar-refractivity contribution in [1.29, 1.82) is 0 Å². The van der Waals surface area contributed by atoms with Gasteiger partial charge in [-0.05, 0) is 30.7 Å². The average Bonchev–Trinajstić information content (AvgIpc) is 3.33. The summed E-state index contributed by atoms with van der Waals surface area (Å²) in [6.45, 7) is 1.83. The smallest absolute Gasteiger partial charge is 0.329 e. The summed E-state index contributed by atoms with van der Waals surface area (Å²) in [6, 6.07) is 22.6. The zero-order valence-corrected chi connectivity index (χ0v) is 18.4. The molecule has 0 aromatic heterocycles. The molecule has 2 unspecified atom stereocenters. The van der Waals surface area contributed by atoms with Crippen molar-refractivity contribution in [1.82, 2.24) is 10.4 Å². The van der Waals surface area contributed by atoms with Crippen LogP contribution < -0.4 is 5.43 Å². The van der Waals surface area contributed by atoms with Gasteiger partial charge in [0, 0.05) is 11.1 Å². The molecule has 2 heterocycles. The molecule has 0 saturated heterocycles. The van der Waals surface area contributed by atoms with E-state index in [0.29, 0.717) is 5.76 Å². The molecule has 3 aromatic rings. The van der Waals surface area contributed by atoms with Gasteiger partial charge in [0.05, 0.1) is 17.7 Å². The summed E-state index contributed by atoms with van der Waals surface area (Å²) in [5.74, 6) is -1.09. The number of amides is 2. The third kappa shape index (κ3) is 3.76. The summed E-state index contributed by atoms with van der Waals surface area (Å²) in [5, 5.41) is 0.872. The normalized spacial score (nSPS) is 18.4. The van der Waals surface area contributed by atoms with Crippen LogP contribution in [0.5, 0.6) is 0 Å². The van der Waals surface area contributed by atoms with Gasteiger partial charge < -0.3 is 9.47 Å². The number of ether oxygens (including phenoxy) is 2. The quantitative estimate of drug-likeness (QED) is 0.448. The van der Waals surface area contributed by atoms with Crippen molar-refractivity contribution in [3.8, 4) is 0 Å². The van der Waals surface area contributed by atoms with Gasteiger partial charge in [0.25, 0.3) is 11.8 Å². The minimum absolute atomic E-state index is 0.139. The molecule has 170 valence electrons. The van der Waals surface area contributed by atoms with Crippen LogP contribution in [0.15, 0.2) is 78.9 Å². The molecule has 3 aromatic carbocycles. The number of imide groups is 1. The Morgan fingerprint density at radius 1 is 0.941 bits per heavy atom. The van der Waals surface area contributed by atoms with Crippen molar-refractivity contribution in [2.75, 3.05) is 6.61 Å². The van der Waals surface area contributed by atoms with Crippen LogP contribution in [0.3, 0.4) is 0 Å². The number of hydrazine groups is 1. The van der Waals surface area contributed by atoms with Crippen molar-refractivity contribution < 1.29 is 23.9 Å². The molecule has 2 amide bonds. The summed E-state index contributed by atoms with van der Waals surface area (Å²) < 4.78 is 11.6. The molecule has 0 bridgehead atoms. The largest absolute Gasteiger partial charge is 0.483 e. The highest BCUT2D eigenvalue weighted by Crippen LogP contribution is 2.41. The molecular formula is C27H22N2O5. The summed E-state index contributed by atoms with van der Waals surface area (Å²) >= 11 is 0. The van der Waals surface area contributed by atoms with Crippen LogP contribution in [-0.2, 0) is 14.3 Å². The molecule has 1 N–H and O–H groups in total. The van der Waals surface area contributed by atoms with Crippen molar-refractivity contribution in [3.63, 3.8) is 0 Å². The van der Waals surface area contributed by atoms with Crippen LogP contribution >= 0.6 is 0 Å². The van der Waals surface area contributed by atoms with Gasteiger partial charge in [-0.3, -0.25) is 14.4 Å². The Bertz CT molecular complexity index is 1270. The molecule has 2 atom stereocenters. The Hall–Kier alpha value is -4.23. The lowest BCUT2D eigenvalue weighted by Crippen LogP contribution is -2.54. The molecule has 0 fully saturated rings. The summed E-state index contributed by atoms with van der Waals surface area (Å²) in [7, 11) is 0. The molecule has 34 heavy (non-hydrogen) atoms. The van der Waals surface area contributed by atoms with Crippen LogP contribution in [0.1, 0.15) is 50.4 Å². The highest BCUT2D eigenvalue weighted by Gasteiger charge is 2.44. The first-order valence-electron chi connectivity index (χ1n) is 11.0. The molecule has 0 saturated carbocycles. The van der Waals surface area contributed by atoms with Gasteiger partial charge in [0.1, 0.15) is 5.76 Å². The Morgan fingerprint density at radius 2 is 1.53 bits per heavy atom. The number of carbonyl (C=O) groups is 3. The van der Waals surface area contributed by atoms with E-state index in [0.717, 1.165) is 21.7 Å². The van der Waals surface area contributed by atoms with Crippen molar-refractivity contribution in [2.45, 2.75) is 19.1 Å². The van der Waals surface area contributed by atoms with Crippen LogP contribution in [0.25, 0.3) is 11.8 Å². The zero-order chi connectivity index (χ0) is 23.7. The summed E-state index contributed by atoms with van der Waals surface area (Å²) in [6.07, 6.45) is 1.08. The van der Waals surface area contributed by atoms with E-state index in [9.17, 15) is 14.4 Å². The Kier molecular flexibility index (Phi) is 5.69. The van der Waals surface area contributed by atoms with E-state index in [2.05, 4.69) is 5.43 Å². The lowest BCUT2D eigenvalue weighted by Gasteiger charge is -2.27. The van der Waals surface area contributed by atoms with Gasteiger partial charge in [-0.2, -0.15) is 0 Å². The number of carbonyl (C=O) groups excluding carboxylic acids is 3. The van der Waals surface area contributed by atoms with Gasteiger partial charge in [-0.1, -0.05) is 66.7 Å². The minimum Gasteiger partial charge on any atom is -0.483 e. The van der Waals surface area contributed by atoms with Crippen molar-refractivity contribution in [3.05, 3.63) is 107 Å². The van der Waals surface area contributed by atoms with Crippen molar-refractivity contribution in [2.24, 2.45) is 0 Å². The van der Waals surface area contributed by atoms with Gasteiger partial charge in [0.2, 0.25) is 0 Å². The fourth-order valence-corrected chi connectivity index (χ4v) is 4.21. The molecule has 5 rings (SSSR count). The number of nitrogens with one attached hydrogen (secondary N) is 1. The minimum atomic E-state index is -1.13. The summed E-state index contributed by atoms with van der Waals surface area (Å²) in [5.41, 5.74) is 5.90. The van der Waals surface area contributed by atoms with Gasteiger partial charge in [-0.15, -0.1) is 0 Å². The second-order valence-corrected chi connectivity index (χ2v) is 7.90. The fourth-order valence-electron chi connectivity index (χ4n) is 4.21. The first-order chi connectivity index (χ1) is 16.6. The van der Waals surface area contributed by atoms with E-state index in [1.807, 2.05) is 60.7 Å². The Morgan fingerprint density at radius 3 is 2.18 bits per heavy atom. The monoisotopic (exact) mass is 454 g/mol. The van der Waals surface area contributed by atoms with Crippen LogP contribution in [-0.4, -0.2) is 35.4 Å². The number of rotatable bonds is 6. The first kappa shape index (κ1) is 21.6. The second kappa shape index (κ2) is 8.96. The predicted molar refractivity (Wildman–Crippen MR) is 125 cm³/mol. The number of nitrogens with zero attached hydrogens (tertiary/aromatic N) is 1. The molecular weight excluding hydrogens is 432 g/mol. The lowest BCUT2D eigenvalue weighted by atomic mass is 9.99. The Balaban J connectivity index is 1.51. The van der Waals surface area contributed by atoms with E-state index in [1.165, 1.54) is 0 Å². The maximum atomic E-state index is 13.0. The van der Waals surface area contributed by atoms with Gasteiger partial charge >= 0.3 is 5.97 Å². The third-order valence-corrected chi connectivity index (χ3v) is 5.79. The molecule has 7 heteroatoms. The highest BCUT2D eigenvalue weighted by atomic mass is 16.5. The SMILES string of the molecule is CCOC(=O)C(NN1C(=O)c2ccccc2C1=O)C1O/C(=C/c2ccccc2)c2ccccc21. The zero-order valence-electron chi connectivity index (χ0n) is 18.4. The summed E-state index contributed by atoms with van der Waals surface area (Å²) in [4.78, 5) is 38.9. The molecule has 7 nitrogen and oxygen atoms in total. The maximum Gasteiger partial charge on any atom is 0.329 e. The Labute approximate surface area is 196 Å². The van der Waals surface area contributed by atoms with Gasteiger partial charge in [0.15, 0.2) is 12.1 Å². The second-order valence-electron chi connectivity index (χ2n) is 7.90. The molecule has 0 aliphatic carbocycles. The van der Waals surface area contributed by atoms with E-state index >= 15 is 0 Å². The highest BCUT2D eigenvalue weighted by molar-refractivity contribution is 6.21. The van der Waals surface area contributed by atoms with Crippen LogP contribution in [0.4, 0.5) is 0 Å². The number of benzene rings is 3. The van der Waals surface area contributed by atoms with Crippen LogP contribution in [0, 0.1) is 0 Å². The number of hydrogen-bond acceptors (Lipinski definition) is 6. The molecule has 0 radical (unpaired) electrons. The molecule has 2 aliphatic rings. The first-order valence-corrected chi connectivity index (χ1v) is 11.0. The fraction of sp³-hybridized carbons (Fsp3) is 0.148. The lowest BCUT2D eigenvalue weighted by molar-refractivity contribution is -0.149. The van der Waals surface area contributed by atoms with Crippen molar-refractivity contribution >= 4 is 29.6 Å². The topological polar surface area (TPSA) is 84.9 Å². The number of hydrogen-bond donors (Lipinski definition) is 1. The van der Waals surface area contributed by atoms with E-state index in [1.54, 1.807) is 31.2 Å². The van der Waals surface area contributed by atoms with Gasteiger partial charge in [-0.25, -0.2) is 10.4 Å². The third-order valence-electron chi connectivity index (χ3n) is 5.79. The van der Waals surface area contributed by atoms with E-state index in [4.69, 9.17) is 9.47 Å². The molecule has 2 aliphatic heterocycles. The molecule has 0 spiro atoms. The maximum absolute atomic E-state index is 13.0. The number of fused-ring (bicyclic) bond motifs is 2. The standard InChI is InChI=1S/C27H22N2O5/c1-2-33-27(32)23(28-29-25(30)20-14-8-9-15-21(20)26(29)31)24-19-13-7-6-12-18(19)22(34-24)16-17-10-4-3-5-11-17/h3-16,23-24,28H,2H2,1H3/b22-16+. The average molecular weight is 454 g/mol. The predicted octanol–water partition coefficient (Wildman–Crippen LogP) is 3.99. The van der Waals surface area contributed by atoms with E-state index < -0.39 is 29.9 Å².